The zero-order chi connectivity index (χ0) is 15.5. The lowest BCUT2D eigenvalue weighted by Crippen LogP contribution is -2.10. The van der Waals surface area contributed by atoms with E-state index >= 15 is 0 Å². The lowest BCUT2D eigenvalue weighted by molar-refractivity contribution is -0.113. The maximum absolute atomic E-state index is 11.0. The van der Waals surface area contributed by atoms with Crippen LogP contribution in [0.5, 0.6) is 0 Å². The van der Waals surface area contributed by atoms with Crippen molar-refractivity contribution in [1.29, 1.82) is 0 Å². The van der Waals surface area contributed by atoms with Crippen LogP contribution in [0.3, 0.4) is 0 Å². The van der Waals surface area contributed by atoms with E-state index in [4.69, 9.17) is 5.73 Å². The summed E-state index contributed by atoms with van der Waals surface area (Å²) in [6.45, 7) is 2.12. The first kappa shape index (κ1) is 14.1. The molecule has 1 atom stereocenters. The molecule has 0 fully saturated rings. The molecule has 1 heterocycles. The maximum atomic E-state index is 11.0. The van der Waals surface area contributed by atoms with Crippen LogP contribution in [0.4, 0.5) is 0 Å². The second-order valence-electron chi connectivity index (χ2n) is 5.15. The highest BCUT2D eigenvalue weighted by Crippen LogP contribution is 2.26. The van der Waals surface area contributed by atoms with Gasteiger partial charge in [-0.1, -0.05) is 42.5 Å². The van der Waals surface area contributed by atoms with E-state index in [0.29, 0.717) is 0 Å². The van der Waals surface area contributed by atoms with Crippen molar-refractivity contribution < 1.29 is 4.79 Å². The van der Waals surface area contributed by atoms with Crippen molar-refractivity contribution in [2.45, 2.75) is 13.0 Å². The summed E-state index contributed by atoms with van der Waals surface area (Å²) in [6.07, 6.45) is 3.01. The number of fused-ring (bicyclic) bond motifs is 1. The molecule has 2 aromatic carbocycles. The highest BCUT2D eigenvalue weighted by atomic mass is 16.1. The quantitative estimate of drug-likeness (QED) is 0.751. The summed E-state index contributed by atoms with van der Waals surface area (Å²) in [7, 11) is 0. The number of aromatic nitrogens is 2. The van der Waals surface area contributed by atoms with Crippen LogP contribution in [-0.4, -0.2) is 15.5 Å². The zero-order valence-electron chi connectivity index (χ0n) is 12.3. The molecular formula is C18H17N3O. The van der Waals surface area contributed by atoms with Gasteiger partial charge in [0.1, 0.15) is 5.82 Å². The van der Waals surface area contributed by atoms with Gasteiger partial charge < -0.3 is 10.3 Å². The highest BCUT2D eigenvalue weighted by Gasteiger charge is 2.15. The van der Waals surface area contributed by atoms with E-state index in [1.165, 1.54) is 11.6 Å². The third kappa shape index (κ3) is 2.63. The smallest absolute Gasteiger partial charge is 0.241 e. The fourth-order valence-electron chi connectivity index (χ4n) is 2.63. The number of nitrogens with two attached hydrogens (primary N) is 1. The number of rotatable bonds is 4. The summed E-state index contributed by atoms with van der Waals surface area (Å²) < 4.78 is 2.12. The van der Waals surface area contributed by atoms with Gasteiger partial charge in [0.2, 0.25) is 5.91 Å². The number of hydrogen-bond acceptors (Lipinski definition) is 2. The molecule has 0 aliphatic rings. The van der Waals surface area contributed by atoms with Crippen molar-refractivity contribution in [3.8, 4) is 0 Å². The third-order valence-electron chi connectivity index (χ3n) is 3.69. The topological polar surface area (TPSA) is 60.9 Å². The van der Waals surface area contributed by atoms with Crippen LogP contribution in [0, 0.1) is 0 Å². The Balaban J connectivity index is 2.17. The molecule has 0 radical (unpaired) electrons. The average Bonchev–Trinajstić information content (AvgIpc) is 2.91. The lowest BCUT2D eigenvalue weighted by atomic mass is 10.1. The number of para-hydroxylation sites is 2. The summed E-state index contributed by atoms with van der Waals surface area (Å²) in [6, 6.07) is 18.2. The number of hydrogen-bond donors (Lipinski definition) is 1. The number of imidazole rings is 1. The fraction of sp³-hybridized carbons (Fsp3) is 0.111. The van der Waals surface area contributed by atoms with Crippen molar-refractivity contribution in [3.05, 3.63) is 72.1 Å². The van der Waals surface area contributed by atoms with Crippen molar-refractivity contribution in [1.82, 2.24) is 9.55 Å². The van der Waals surface area contributed by atoms with Gasteiger partial charge in [0.05, 0.1) is 17.1 Å². The summed E-state index contributed by atoms with van der Waals surface area (Å²) in [4.78, 5) is 15.6. The zero-order valence-corrected chi connectivity index (χ0v) is 12.3. The monoisotopic (exact) mass is 291 g/mol. The van der Waals surface area contributed by atoms with Gasteiger partial charge in [-0.2, -0.15) is 0 Å². The minimum Gasteiger partial charge on any atom is -0.366 e. The minimum absolute atomic E-state index is 0.0983. The van der Waals surface area contributed by atoms with Gasteiger partial charge in [-0.3, -0.25) is 4.79 Å². The van der Waals surface area contributed by atoms with Crippen molar-refractivity contribution in [3.63, 3.8) is 0 Å². The first-order chi connectivity index (χ1) is 10.7. The maximum Gasteiger partial charge on any atom is 0.241 e. The molecule has 110 valence electrons. The van der Waals surface area contributed by atoms with Gasteiger partial charge >= 0.3 is 0 Å². The van der Waals surface area contributed by atoms with E-state index in [1.54, 1.807) is 6.08 Å². The summed E-state index contributed by atoms with van der Waals surface area (Å²) in [5, 5.41) is 0. The molecule has 0 spiro atoms. The largest absolute Gasteiger partial charge is 0.366 e. The first-order valence-corrected chi connectivity index (χ1v) is 7.16. The van der Waals surface area contributed by atoms with Gasteiger partial charge in [0.15, 0.2) is 0 Å². The molecule has 0 bridgehead atoms. The molecular weight excluding hydrogens is 274 g/mol. The number of benzene rings is 2. The highest BCUT2D eigenvalue weighted by molar-refractivity contribution is 5.90. The van der Waals surface area contributed by atoms with Crippen LogP contribution in [0.2, 0.25) is 0 Å². The Labute approximate surface area is 128 Å². The molecule has 0 aliphatic heterocycles. The summed E-state index contributed by atoms with van der Waals surface area (Å²) >= 11 is 0. The number of amides is 1. The summed E-state index contributed by atoms with van der Waals surface area (Å²) in [5.74, 6) is 0.238. The molecule has 1 amide bonds. The predicted octanol–water partition coefficient (Wildman–Crippen LogP) is 3.14. The van der Waals surface area contributed by atoms with Crippen LogP contribution in [-0.2, 0) is 4.79 Å². The number of nitrogens with zero attached hydrogens (tertiary/aromatic N) is 2. The van der Waals surface area contributed by atoms with Gasteiger partial charge in [-0.15, -0.1) is 0 Å². The van der Waals surface area contributed by atoms with Gasteiger partial charge in [0.25, 0.3) is 0 Å². The molecule has 4 heteroatoms. The van der Waals surface area contributed by atoms with Crippen molar-refractivity contribution in [2.75, 3.05) is 0 Å². The minimum atomic E-state index is -0.481. The lowest BCUT2D eigenvalue weighted by Gasteiger charge is -2.17. The number of carbonyl (C=O) groups excluding carboxylic acids is 1. The van der Waals surface area contributed by atoms with Crippen LogP contribution in [0.25, 0.3) is 17.1 Å². The molecule has 1 aromatic heterocycles. The Hall–Kier alpha value is -2.88. The average molecular weight is 291 g/mol. The fourth-order valence-corrected chi connectivity index (χ4v) is 2.63. The molecule has 3 rings (SSSR count). The summed E-state index contributed by atoms with van der Waals surface area (Å²) in [5.41, 5.74) is 8.32. The molecule has 0 saturated heterocycles. The predicted molar refractivity (Wildman–Crippen MR) is 88.2 cm³/mol. The van der Waals surface area contributed by atoms with E-state index in [1.807, 2.05) is 42.5 Å². The molecule has 4 nitrogen and oxygen atoms in total. The first-order valence-electron chi connectivity index (χ1n) is 7.16. The normalized spacial score (nSPS) is 12.8. The second-order valence-corrected chi connectivity index (χ2v) is 5.15. The van der Waals surface area contributed by atoms with E-state index in [9.17, 15) is 4.79 Å². The Morgan fingerprint density at radius 3 is 2.55 bits per heavy atom. The van der Waals surface area contributed by atoms with Gasteiger partial charge in [0, 0.05) is 6.08 Å². The molecule has 3 aromatic rings. The molecule has 1 unspecified atom stereocenters. The van der Waals surface area contributed by atoms with E-state index in [2.05, 4.69) is 28.6 Å². The molecule has 0 aliphatic carbocycles. The number of carbonyl (C=O) groups is 1. The third-order valence-corrected chi connectivity index (χ3v) is 3.69. The Morgan fingerprint density at radius 2 is 1.82 bits per heavy atom. The van der Waals surface area contributed by atoms with Crippen molar-refractivity contribution in [2.24, 2.45) is 5.73 Å². The van der Waals surface area contributed by atoms with Crippen molar-refractivity contribution >= 4 is 23.0 Å². The number of primary amides is 1. The van der Waals surface area contributed by atoms with Crippen LogP contribution < -0.4 is 5.73 Å². The van der Waals surface area contributed by atoms with Crippen LogP contribution >= 0.6 is 0 Å². The standard InChI is InChI=1S/C18H17N3O/c1-13(14-7-3-2-4-8-14)21-16-10-6-5-9-15(16)20-18(21)12-11-17(19)22/h2-13H,1H3,(H2,19,22)/b12-11+. The molecule has 22 heavy (non-hydrogen) atoms. The van der Waals surface area contributed by atoms with Gasteiger partial charge in [-0.25, -0.2) is 4.98 Å². The second kappa shape index (κ2) is 5.85. The Kier molecular flexibility index (Phi) is 3.74. The van der Waals surface area contributed by atoms with Crippen LogP contribution in [0.1, 0.15) is 24.4 Å². The van der Waals surface area contributed by atoms with E-state index < -0.39 is 5.91 Å². The Morgan fingerprint density at radius 1 is 1.14 bits per heavy atom. The SMILES string of the molecule is CC(c1ccccc1)n1c(/C=C/C(N)=O)nc2ccccc21. The molecule has 0 saturated carbocycles. The van der Waals surface area contributed by atoms with Gasteiger partial charge in [-0.05, 0) is 30.7 Å². The van der Waals surface area contributed by atoms with Crippen LogP contribution in [0.15, 0.2) is 60.7 Å². The Bertz CT molecular complexity index is 834. The molecule has 2 N–H and O–H groups in total. The van der Waals surface area contributed by atoms with E-state index in [-0.39, 0.29) is 6.04 Å². The van der Waals surface area contributed by atoms with E-state index in [0.717, 1.165) is 16.9 Å².